The van der Waals surface area contributed by atoms with Crippen molar-refractivity contribution in [2.24, 2.45) is 0 Å². The van der Waals surface area contributed by atoms with Gasteiger partial charge in [-0.05, 0) is 72.9 Å². The van der Waals surface area contributed by atoms with Crippen molar-refractivity contribution in [2.75, 3.05) is 46.6 Å². The lowest BCUT2D eigenvalue weighted by atomic mass is 10.0. The van der Waals surface area contributed by atoms with Crippen LogP contribution < -0.4 is 20.4 Å². The number of halogens is 3. The van der Waals surface area contributed by atoms with E-state index in [2.05, 4.69) is 65.1 Å². The van der Waals surface area contributed by atoms with Crippen molar-refractivity contribution in [2.45, 2.75) is 44.7 Å². The van der Waals surface area contributed by atoms with Gasteiger partial charge in [-0.1, -0.05) is 23.2 Å². The summed E-state index contributed by atoms with van der Waals surface area (Å²) in [6.45, 7) is 6.51. The number of nitrogens with zero attached hydrogens (tertiary/aromatic N) is 4. The number of anilines is 4. The SMILES string of the molecule is Cc1cc2c(nc1Cl)N[C@H]1CCCN2C1.Clc1nc2c(cc1I)N1CCC[C@@H](C1)N2. The first-order chi connectivity index (χ1) is 14.5. The number of piperidine rings is 2. The lowest BCUT2D eigenvalue weighted by molar-refractivity contribution is 0.515. The number of nitrogens with one attached hydrogen (secondary N) is 2. The third kappa shape index (κ3) is 4.00. The molecule has 0 radical (unpaired) electrons. The van der Waals surface area contributed by atoms with E-state index in [0.29, 0.717) is 22.4 Å². The smallest absolute Gasteiger partial charge is 0.151 e. The van der Waals surface area contributed by atoms with Gasteiger partial charge in [0, 0.05) is 38.3 Å². The molecule has 4 aliphatic rings. The van der Waals surface area contributed by atoms with Crippen LogP contribution in [-0.4, -0.2) is 48.2 Å². The normalized spacial score (nSPS) is 23.3. The predicted molar refractivity (Wildman–Crippen MR) is 134 cm³/mol. The fourth-order valence-electron chi connectivity index (χ4n) is 4.74. The van der Waals surface area contributed by atoms with Crippen LogP contribution in [0.3, 0.4) is 0 Å². The Morgan fingerprint density at radius 2 is 1.43 bits per heavy atom. The van der Waals surface area contributed by atoms with Gasteiger partial charge < -0.3 is 20.4 Å². The van der Waals surface area contributed by atoms with Gasteiger partial charge in [0.2, 0.25) is 0 Å². The Hall–Kier alpha value is -1.19. The number of aryl methyl sites for hydroxylation is 1. The van der Waals surface area contributed by atoms with E-state index in [4.69, 9.17) is 23.2 Å². The average Bonchev–Trinajstić information content (AvgIpc) is 2.73. The summed E-state index contributed by atoms with van der Waals surface area (Å²) in [5, 5.41) is 8.13. The van der Waals surface area contributed by atoms with Crippen LogP contribution in [0.15, 0.2) is 12.1 Å². The summed E-state index contributed by atoms with van der Waals surface area (Å²) < 4.78 is 1.03. The van der Waals surface area contributed by atoms with Crippen LogP contribution in [-0.2, 0) is 0 Å². The van der Waals surface area contributed by atoms with E-state index in [1.165, 1.54) is 37.1 Å². The molecule has 0 aromatic carbocycles. The fourth-order valence-corrected chi connectivity index (χ4v) is 5.44. The molecule has 2 N–H and O–H groups in total. The molecule has 9 heteroatoms. The largest absolute Gasteiger partial charge is 0.366 e. The maximum atomic E-state index is 6.03. The Labute approximate surface area is 200 Å². The van der Waals surface area contributed by atoms with Crippen molar-refractivity contribution >= 4 is 68.8 Å². The van der Waals surface area contributed by atoms with Gasteiger partial charge in [-0.2, -0.15) is 0 Å². The Morgan fingerprint density at radius 3 is 2.03 bits per heavy atom. The molecule has 0 amide bonds. The highest BCUT2D eigenvalue weighted by Gasteiger charge is 2.29. The third-order valence-electron chi connectivity index (χ3n) is 6.25. The molecule has 4 bridgehead atoms. The van der Waals surface area contributed by atoms with Gasteiger partial charge in [-0.3, -0.25) is 0 Å². The van der Waals surface area contributed by atoms with Gasteiger partial charge in [0.25, 0.3) is 0 Å². The number of pyridine rings is 2. The molecular formula is C21H25Cl2IN6. The summed E-state index contributed by atoms with van der Waals surface area (Å²) in [5.41, 5.74) is 3.48. The molecule has 2 saturated heterocycles. The van der Waals surface area contributed by atoms with Gasteiger partial charge in [-0.25, -0.2) is 9.97 Å². The van der Waals surface area contributed by atoms with Crippen LogP contribution in [0.4, 0.5) is 23.0 Å². The first kappa shape index (κ1) is 20.7. The van der Waals surface area contributed by atoms with E-state index in [9.17, 15) is 0 Å². The molecule has 2 aromatic heterocycles. The highest BCUT2D eigenvalue weighted by Crippen LogP contribution is 2.37. The minimum absolute atomic E-state index is 0.551. The topological polar surface area (TPSA) is 56.3 Å². The second kappa shape index (κ2) is 8.39. The molecule has 0 aliphatic carbocycles. The highest BCUT2D eigenvalue weighted by atomic mass is 127. The summed E-state index contributed by atoms with van der Waals surface area (Å²) in [6.07, 6.45) is 5.00. The van der Waals surface area contributed by atoms with E-state index >= 15 is 0 Å². The van der Waals surface area contributed by atoms with Crippen LogP contribution in [0.1, 0.15) is 31.2 Å². The van der Waals surface area contributed by atoms with Crippen LogP contribution in [0.25, 0.3) is 0 Å². The summed E-state index contributed by atoms with van der Waals surface area (Å²) >= 11 is 14.3. The van der Waals surface area contributed by atoms with Gasteiger partial charge in [0.05, 0.1) is 14.9 Å². The van der Waals surface area contributed by atoms with Crippen LogP contribution in [0.5, 0.6) is 0 Å². The highest BCUT2D eigenvalue weighted by molar-refractivity contribution is 14.1. The van der Waals surface area contributed by atoms with Gasteiger partial charge in [0.15, 0.2) is 11.6 Å². The molecule has 2 atom stereocenters. The fraction of sp³-hybridized carbons (Fsp3) is 0.524. The molecule has 0 spiro atoms. The molecule has 2 fully saturated rings. The van der Waals surface area contributed by atoms with Crippen molar-refractivity contribution in [3.63, 3.8) is 0 Å². The van der Waals surface area contributed by atoms with Gasteiger partial charge in [-0.15, -0.1) is 0 Å². The lowest BCUT2D eigenvalue weighted by Crippen LogP contribution is -2.46. The summed E-state index contributed by atoms with van der Waals surface area (Å²) in [6, 6.07) is 5.37. The molecule has 4 aliphatic heterocycles. The lowest BCUT2D eigenvalue weighted by Gasteiger charge is -2.40. The molecule has 160 valence electrons. The Morgan fingerprint density at radius 1 is 0.900 bits per heavy atom. The zero-order valence-corrected chi connectivity index (χ0v) is 20.6. The molecule has 6 rings (SSSR count). The maximum Gasteiger partial charge on any atom is 0.151 e. The summed E-state index contributed by atoms with van der Waals surface area (Å²) in [4.78, 5) is 13.6. The molecule has 30 heavy (non-hydrogen) atoms. The van der Waals surface area contributed by atoms with Gasteiger partial charge >= 0.3 is 0 Å². The van der Waals surface area contributed by atoms with E-state index in [-0.39, 0.29) is 0 Å². The zero-order valence-electron chi connectivity index (χ0n) is 16.9. The number of rotatable bonds is 0. The number of hydrogen-bond donors (Lipinski definition) is 2. The van der Waals surface area contributed by atoms with Crippen molar-refractivity contribution in [3.8, 4) is 0 Å². The Kier molecular flexibility index (Phi) is 5.79. The van der Waals surface area contributed by atoms with Crippen molar-refractivity contribution in [3.05, 3.63) is 31.6 Å². The van der Waals surface area contributed by atoms with E-state index in [1.807, 2.05) is 6.92 Å². The number of hydrogen-bond acceptors (Lipinski definition) is 6. The van der Waals surface area contributed by atoms with Crippen molar-refractivity contribution in [1.29, 1.82) is 0 Å². The zero-order chi connectivity index (χ0) is 20.8. The maximum absolute atomic E-state index is 6.03. The Balaban J connectivity index is 0.000000128. The molecule has 0 saturated carbocycles. The monoisotopic (exact) mass is 558 g/mol. The van der Waals surface area contributed by atoms with Crippen LogP contribution in [0.2, 0.25) is 10.3 Å². The van der Waals surface area contributed by atoms with E-state index in [1.54, 1.807) is 0 Å². The second-order valence-electron chi connectivity index (χ2n) is 8.45. The van der Waals surface area contributed by atoms with E-state index < -0.39 is 0 Å². The minimum atomic E-state index is 0.551. The molecular weight excluding hydrogens is 534 g/mol. The third-order valence-corrected chi connectivity index (χ3v) is 8.06. The van der Waals surface area contributed by atoms with E-state index in [0.717, 1.165) is 46.9 Å². The molecule has 6 nitrogen and oxygen atoms in total. The predicted octanol–water partition coefficient (Wildman–Crippen LogP) is 5.17. The number of fused-ring (bicyclic) bond motifs is 8. The number of aromatic nitrogens is 2. The first-order valence-corrected chi connectivity index (χ1v) is 12.4. The van der Waals surface area contributed by atoms with Crippen LogP contribution in [0, 0.1) is 10.5 Å². The van der Waals surface area contributed by atoms with Crippen LogP contribution >= 0.6 is 45.8 Å². The summed E-state index contributed by atoms with van der Waals surface area (Å²) in [7, 11) is 0. The molecule has 0 unspecified atom stereocenters. The first-order valence-electron chi connectivity index (χ1n) is 10.5. The second-order valence-corrected chi connectivity index (χ2v) is 10.3. The minimum Gasteiger partial charge on any atom is -0.366 e. The molecule has 6 heterocycles. The van der Waals surface area contributed by atoms with Crippen molar-refractivity contribution in [1.82, 2.24) is 9.97 Å². The quantitative estimate of drug-likeness (QED) is 0.343. The van der Waals surface area contributed by atoms with Gasteiger partial charge in [0.1, 0.15) is 10.3 Å². The molecule has 2 aromatic rings. The average molecular weight is 559 g/mol. The summed E-state index contributed by atoms with van der Waals surface area (Å²) in [5.74, 6) is 1.91. The van der Waals surface area contributed by atoms with Crippen molar-refractivity contribution < 1.29 is 0 Å². The Bertz CT molecular complexity index is 893. The standard InChI is InChI=1S/C11H14ClN3.C10H11ClIN3/c1-7-5-9-11(14-10(7)12)13-8-3-2-4-15(9)6-8;11-9-7(12)4-8-10(14-9)13-6-2-1-3-15(8)5-6/h5,8H,2-4,6H2,1H3,(H,13,14);4,6H,1-3,5H2,(H,13,14)/t8-;6-/m00/s1.